The zero-order valence-corrected chi connectivity index (χ0v) is 17.8. The van der Waals surface area contributed by atoms with E-state index in [1.807, 2.05) is 36.4 Å². The predicted octanol–water partition coefficient (Wildman–Crippen LogP) is 5.27. The van der Waals surface area contributed by atoms with E-state index in [1.165, 1.54) is 24.3 Å². The van der Waals surface area contributed by atoms with Gasteiger partial charge in [0.05, 0.1) is 10.0 Å². The summed E-state index contributed by atoms with van der Waals surface area (Å²) in [5, 5.41) is 21.0. The number of carboxylic acid groups (broad SMARTS) is 1. The van der Waals surface area contributed by atoms with Crippen LogP contribution in [-0.2, 0) is 11.4 Å². The highest BCUT2D eigenvalue weighted by Gasteiger charge is 2.12. The molecule has 31 heavy (non-hydrogen) atoms. The first-order chi connectivity index (χ1) is 15.0. The molecule has 0 radical (unpaired) electrons. The number of ether oxygens (including phenoxy) is 1. The number of aromatic carboxylic acids is 1. The maximum absolute atomic E-state index is 12.5. The molecule has 0 heterocycles. The van der Waals surface area contributed by atoms with Crippen LogP contribution in [0.3, 0.4) is 0 Å². The van der Waals surface area contributed by atoms with Crippen molar-refractivity contribution < 1.29 is 19.4 Å². The van der Waals surface area contributed by atoms with E-state index in [1.54, 1.807) is 24.3 Å². The molecule has 0 unspecified atom stereocenters. The smallest absolute Gasteiger partial charge is 0.335 e. The SMILES string of the molecule is N#C/C(=C/c1ccc(OCc2ccccc2)c(Br)c1)C(=O)Nc1cccc(C(=O)O)c1. The van der Waals surface area contributed by atoms with Crippen LogP contribution in [0.5, 0.6) is 5.75 Å². The molecule has 0 aromatic heterocycles. The van der Waals surface area contributed by atoms with Crippen LogP contribution in [0.15, 0.2) is 82.8 Å². The lowest BCUT2D eigenvalue weighted by molar-refractivity contribution is -0.112. The second kappa shape index (κ2) is 10.2. The van der Waals surface area contributed by atoms with Gasteiger partial charge < -0.3 is 15.2 Å². The number of carbonyl (C=O) groups is 2. The van der Waals surface area contributed by atoms with Gasteiger partial charge >= 0.3 is 5.97 Å². The largest absolute Gasteiger partial charge is 0.488 e. The van der Waals surface area contributed by atoms with Crippen molar-refractivity contribution >= 4 is 39.6 Å². The minimum Gasteiger partial charge on any atom is -0.488 e. The van der Waals surface area contributed by atoms with Gasteiger partial charge in [0.1, 0.15) is 24.0 Å². The summed E-state index contributed by atoms with van der Waals surface area (Å²) < 4.78 is 6.49. The second-order valence-electron chi connectivity index (χ2n) is 6.47. The Morgan fingerprint density at radius 2 is 1.84 bits per heavy atom. The van der Waals surface area contributed by atoms with Crippen LogP contribution in [0, 0.1) is 11.3 Å². The van der Waals surface area contributed by atoms with Crippen molar-refractivity contribution in [1.29, 1.82) is 5.26 Å². The van der Waals surface area contributed by atoms with Crippen molar-refractivity contribution in [2.45, 2.75) is 6.61 Å². The van der Waals surface area contributed by atoms with Gasteiger partial charge in [-0.1, -0.05) is 42.5 Å². The molecule has 154 valence electrons. The van der Waals surface area contributed by atoms with Crippen LogP contribution in [0.1, 0.15) is 21.5 Å². The lowest BCUT2D eigenvalue weighted by Crippen LogP contribution is -2.13. The van der Waals surface area contributed by atoms with Crippen LogP contribution >= 0.6 is 15.9 Å². The average Bonchev–Trinajstić information content (AvgIpc) is 2.77. The Hall–Kier alpha value is -3.89. The average molecular weight is 477 g/mol. The molecule has 0 aliphatic heterocycles. The van der Waals surface area contributed by atoms with E-state index in [9.17, 15) is 14.9 Å². The van der Waals surface area contributed by atoms with Gasteiger partial charge in [0.2, 0.25) is 0 Å². The number of carboxylic acids is 1. The summed E-state index contributed by atoms with van der Waals surface area (Å²) >= 11 is 3.45. The Bertz CT molecular complexity index is 1180. The topological polar surface area (TPSA) is 99.4 Å². The van der Waals surface area contributed by atoms with Crippen LogP contribution in [-0.4, -0.2) is 17.0 Å². The van der Waals surface area contributed by atoms with Gasteiger partial charge in [0.25, 0.3) is 5.91 Å². The molecule has 0 aliphatic rings. The first-order valence-electron chi connectivity index (χ1n) is 9.19. The summed E-state index contributed by atoms with van der Waals surface area (Å²) in [7, 11) is 0. The van der Waals surface area contributed by atoms with Crippen molar-refractivity contribution in [3.8, 4) is 11.8 Å². The van der Waals surface area contributed by atoms with Crippen LogP contribution in [0.2, 0.25) is 0 Å². The molecule has 3 rings (SSSR count). The number of nitrogens with one attached hydrogen (secondary N) is 1. The first-order valence-corrected chi connectivity index (χ1v) is 9.98. The summed E-state index contributed by atoms with van der Waals surface area (Å²) in [4.78, 5) is 23.5. The molecule has 0 atom stereocenters. The fourth-order valence-electron chi connectivity index (χ4n) is 2.70. The van der Waals surface area contributed by atoms with Gasteiger partial charge in [-0.05, 0) is 63.5 Å². The molecule has 0 spiro atoms. The Kier molecular flexibility index (Phi) is 7.20. The Morgan fingerprint density at radius 3 is 2.52 bits per heavy atom. The van der Waals surface area contributed by atoms with Crippen molar-refractivity contribution in [3.63, 3.8) is 0 Å². The fourth-order valence-corrected chi connectivity index (χ4v) is 3.21. The number of halogens is 1. The standard InChI is InChI=1S/C24H17BrN2O4/c25-21-12-17(9-10-22(21)31-15-16-5-2-1-3-6-16)11-19(14-26)23(28)27-20-8-4-7-18(13-20)24(29)30/h1-13H,15H2,(H,27,28)(H,29,30)/b19-11-. The lowest BCUT2D eigenvalue weighted by atomic mass is 10.1. The third-order valence-corrected chi connectivity index (χ3v) is 4.86. The molecule has 0 saturated heterocycles. The monoisotopic (exact) mass is 476 g/mol. The second-order valence-corrected chi connectivity index (χ2v) is 7.33. The van der Waals surface area contributed by atoms with Crippen LogP contribution < -0.4 is 10.1 Å². The molecule has 2 N–H and O–H groups in total. The van der Waals surface area contributed by atoms with Crippen molar-refractivity contribution in [1.82, 2.24) is 0 Å². The van der Waals surface area contributed by atoms with E-state index in [0.29, 0.717) is 22.4 Å². The van der Waals surface area contributed by atoms with E-state index in [0.717, 1.165) is 5.56 Å². The van der Waals surface area contributed by atoms with E-state index < -0.39 is 11.9 Å². The Morgan fingerprint density at radius 1 is 1.06 bits per heavy atom. The molecule has 0 aliphatic carbocycles. The van der Waals surface area contributed by atoms with E-state index in [-0.39, 0.29) is 16.8 Å². The maximum atomic E-state index is 12.5. The number of nitriles is 1. The molecule has 0 bridgehead atoms. The quantitative estimate of drug-likeness (QED) is 0.357. The third-order valence-electron chi connectivity index (χ3n) is 4.24. The van der Waals surface area contributed by atoms with E-state index in [2.05, 4.69) is 21.2 Å². The Balaban J connectivity index is 1.72. The molecule has 3 aromatic carbocycles. The number of rotatable bonds is 7. The maximum Gasteiger partial charge on any atom is 0.335 e. The molecule has 6 nitrogen and oxygen atoms in total. The molecule has 3 aromatic rings. The summed E-state index contributed by atoms with van der Waals surface area (Å²) in [6.45, 7) is 0.413. The third kappa shape index (κ3) is 6.04. The molecule has 0 saturated carbocycles. The van der Waals surface area contributed by atoms with Gasteiger partial charge in [-0.15, -0.1) is 0 Å². The van der Waals surface area contributed by atoms with Gasteiger partial charge in [-0.25, -0.2) is 4.79 Å². The van der Waals surface area contributed by atoms with Crippen molar-refractivity contribution in [2.24, 2.45) is 0 Å². The zero-order valence-electron chi connectivity index (χ0n) is 16.2. The summed E-state index contributed by atoms with van der Waals surface area (Å²) in [6.07, 6.45) is 1.45. The fraction of sp³-hybridized carbons (Fsp3) is 0.0417. The summed E-state index contributed by atoms with van der Waals surface area (Å²) in [5.74, 6) is -1.11. The summed E-state index contributed by atoms with van der Waals surface area (Å²) in [5.41, 5.74) is 1.87. The number of nitrogens with zero attached hydrogens (tertiary/aromatic N) is 1. The molecular weight excluding hydrogens is 460 g/mol. The molecular formula is C24H17BrN2O4. The Labute approximate surface area is 187 Å². The van der Waals surface area contributed by atoms with E-state index in [4.69, 9.17) is 9.84 Å². The molecule has 0 fully saturated rings. The molecule has 1 amide bonds. The van der Waals surface area contributed by atoms with Crippen molar-refractivity contribution in [2.75, 3.05) is 5.32 Å². The first kappa shape index (κ1) is 21.8. The summed E-state index contributed by atoms with van der Waals surface area (Å²) in [6, 6.07) is 22.7. The van der Waals surface area contributed by atoms with Gasteiger partial charge in [0.15, 0.2) is 0 Å². The van der Waals surface area contributed by atoms with Crippen molar-refractivity contribution in [3.05, 3.63) is 99.5 Å². The van der Waals surface area contributed by atoms with Gasteiger partial charge in [-0.2, -0.15) is 5.26 Å². The lowest BCUT2D eigenvalue weighted by Gasteiger charge is -2.09. The highest BCUT2D eigenvalue weighted by molar-refractivity contribution is 9.10. The normalized spacial score (nSPS) is 10.8. The van der Waals surface area contributed by atoms with Gasteiger partial charge in [-0.3, -0.25) is 4.79 Å². The molecule has 7 heteroatoms. The van der Waals surface area contributed by atoms with Crippen LogP contribution in [0.4, 0.5) is 5.69 Å². The van der Waals surface area contributed by atoms with E-state index >= 15 is 0 Å². The predicted molar refractivity (Wildman–Crippen MR) is 121 cm³/mol. The number of carbonyl (C=O) groups excluding carboxylic acids is 1. The number of benzene rings is 3. The number of hydrogen-bond acceptors (Lipinski definition) is 4. The highest BCUT2D eigenvalue weighted by atomic mass is 79.9. The van der Waals surface area contributed by atoms with Gasteiger partial charge in [0, 0.05) is 5.69 Å². The highest BCUT2D eigenvalue weighted by Crippen LogP contribution is 2.28. The number of hydrogen-bond donors (Lipinski definition) is 2. The van der Waals surface area contributed by atoms with Crippen LogP contribution in [0.25, 0.3) is 6.08 Å². The number of amides is 1. The minimum absolute atomic E-state index is 0.0373. The minimum atomic E-state index is -1.11. The number of anilines is 1. The zero-order chi connectivity index (χ0) is 22.2.